The van der Waals surface area contributed by atoms with E-state index in [2.05, 4.69) is 10.00 Å². The van der Waals surface area contributed by atoms with Gasteiger partial charge in [0.15, 0.2) is 0 Å². The van der Waals surface area contributed by atoms with Crippen molar-refractivity contribution in [2.45, 2.75) is 57.8 Å². The van der Waals surface area contributed by atoms with E-state index in [9.17, 15) is 9.59 Å². The molecule has 2 saturated heterocycles. The van der Waals surface area contributed by atoms with Gasteiger partial charge in [0.05, 0.1) is 5.41 Å². The van der Waals surface area contributed by atoms with Crippen molar-refractivity contribution in [2.24, 2.45) is 18.4 Å². The molecule has 4 rings (SSSR count). The van der Waals surface area contributed by atoms with Crippen LogP contribution >= 0.6 is 0 Å². The van der Waals surface area contributed by atoms with Crippen molar-refractivity contribution >= 4 is 11.8 Å². The van der Waals surface area contributed by atoms with Crippen LogP contribution in [0.15, 0.2) is 12.3 Å². The molecule has 0 radical (unpaired) electrons. The van der Waals surface area contributed by atoms with Crippen molar-refractivity contribution < 1.29 is 9.59 Å². The molecule has 6 heteroatoms. The summed E-state index contributed by atoms with van der Waals surface area (Å²) in [6, 6.07) is 1.76. The standard InChI is InChI=1S/C21H32N4O2/c1-23-18(8-12-22-23)19(26)25-15-11-21(16-25)10-5-13-24(20(21)27)14-9-17-6-3-2-4-7-17/h8,12,17H,2-7,9-11,13-16H2,1H3. The average Bonchev–Trinajstić information content (AvgIpc) is 3.31. The predicted octanol–water partition coefficient (Wildman–Crippen LogP) is 2.85. The van der Waals surface area contributed by atoms with E-state index >= 15 is 0 Å². The molecule has 3 fully saturated rings. The van der Waals surface area contributed by atoms with Crippen LogP contribution in [-0.2, 0) is 11.8 Å². The molecule has 1 unspecified atom stereocenters. The van der Waals surface area contributed by atoms with Gasteiger partial charge < -0.3 is 9.80 Å². The molecule has 1 atom stereocenters. The van der Waals surface area contributed by atoms with Gasteiger partial charge in [-0.05, 0) is 37.7 Å². The number of aromatic nitrogens is 2. The first-order valence-corrected chi connectivity index (χ1v) is 10.7. The topological polar surface area (TPSA) is 58.4 Å². The Balaban J connectivity index is 1.38. The van der Waals surface area contributed by atoms with Crippen LogP contribution in [-0.4, -0.2) is 57.6 Å². The van der Waals surface area contributed by atoms with E-state index in [4.69, 9.17) is 0 Å². The fourth-order valence-corrected chi connectivity index (χ4v) is 5.35. The summed E-state index contributed by atoms with van der Waals surface area (Å²) in [4.78, 5) is 30.1. The van der Waals surface area contributed by atoms with E-state index in [0.717, 1.165) is 44.7 Å². The van der Waals surface area contributed by atoms with Crippen LogP contribution in [0, 0.1) is 11.3 Å². The molecule has 148 valence electrons. The lowest BCUT2D eigenvalue weighted by atomic mass is 9.78. The molecule has 0 bridgehead atoms. The zero-order chi connectivity index (χ0) is 18.9. The first-order chi connectivity index (χ1) is 13.1. The zero-order valence-corrected chi connectivity index (χ0v) is 16.5. The van der Waals surface area contributed by atoms with E-state index < -0.39 is 0 Å². The molecule has 0 aromatic carbocycles. The van der Waals surface area contributed by atoms with Crippen molar-refractivity contribution in [1.29, 1.82) is 0 Å². The SMILES string of the molecule is Cn1nccc1C(=O)N1CCC2(CCCN(CCC3CCCCC3)C2=O)C1. The number of carbonyl (C=O) groups excluding carboxylic acids is 2. The van der Waals surface area contributed by atoms with Crippen LogP contribution in [0.25, 0.3) is 0 Å². The Hall–Kier alpha value is -1.85. The van der Waals surface area contributed by atoms with Gasteiger partial charge >= 0.3 is 0 Å². The number of hydrogen-bond acceptors (Lipinski definition) is 3. The first kappa shape index (κ1) is 18.5. The Kier molecular flexibility index (Phi) is 5.24. The number of hydrogen-bond donors (Lipinski definition) is 0. The van der Waals surface area contributed by atoms with Crippen LogP contribution in [0.2, 0.25) is 0 Å². The second-order valence-electron chi connectivity index (χ2n) is 8.79. The van der Waals surface area contributed by atoms with E-state index in [1.165, 1.54) is 32.1 Å². The lowest BCUT2D eigenvalue weighted by Gasteiger charge is -2.40. The Bertz CT molecular complexity index is 694. The molecule has 1 aromatic rings. The molecule has 3 aliphatic rings. The maximum atomic E-state index is 13.3. The third kappa shape index (κ3) is 3.63. The van der Waals surface area contributed by atoms with Gasteiger partial charge in [-0.15, -0.1) is 0 Å². The molecule has 1 aromatic heterocycles. The fourth-order valence-electron chi connectivity index (χ4n) is 5.35. The van der Waals surface area contributed by atoms with Gasteiger partial charge in [-0.1, -0.05) is 32.1 Å². The van der Waals surface area contributed by atoms with Gasteiger partial charge in [0, 0.05) is 39.4 Å². The maximum Gasteiger partial charge on any atom is 0.272 e. The third-order valence-corrected chi connectivity index (χ3v) is 7.04. The number of likely N-dealkylation sites (tertiary alicyclic amines) is 2. The van der Waals surface area contributed by atoms with Gasteiger partial charge in [-0.25, -0.2) is 0 Å². The number of amides is 2. The predicted molar refractivity (Wildman–Crippen MR) is 103 cm³/mol. The van der Waals surface area contributed by atoms with Gasteiger partial charge in [-0.3, -0.25) is 14.3 Å². The largest absolute Gasteiger partial charge is 0.342 e. The minimum atomic E-state index is -0.348. The van der Waals surface area contributed by atoms with Crippen LogP contribution < -0.4 is 0 Å². The summed E-state index contributed by atoms with van der Waals surface area (Å²) in [6.45, 7) is 3.03. The highest BCUT2D eigenvalue weighted by Crippen LogP contribution is 2.41. The summed E-state index contributed by atoms with van der Waals surface area (Å²) >= 11 is 0. The summed E-state index contributed by atoms with van der Waals surface area (Å²) in [6.07, 6.45) is 12.3. The Labute approximate surface area is 161 Å². The lowest BCUT2D eigenvalue weighted by molar-refractivity contribution is -0.145. The van der Waals surface area contributed by atoms with Crippen LogP contribution in [0.5, 0.6) is 0 Å². The molecule has 1 spiro atoms. The summed E-state index contributed by atoms with van der Waals surface area (Å²) in [5, 5.41) is 4.10. The van der Waals surface area contributed by atoms with Crippen molar-refractivity contribution in [3.8, 4) is 0 Å². The highest BCUT2D eigenvalue weighted by atomic mass is 16.2. The van der Waals surface area contributed by atoms with Crippen molar-refractivity contribution in [3.63, 3.8) is 0 Å². The summed E-state index contributed by atoms with van der Waals surface area (Å²) in [7, 11) is 1.79. The summed E-state index contributed by atoms with van der Waals surface area (Å²) in [5.74, 6) is 1.10. The van der Waals surface area contributed by atoms with E-state index in [-0.39, 0.29) is 11.3 Å². The van der Waals surface area contributed by atoms with E-state index in [1.54, 1.807) is 24.0 Å². The van der Waals surface area contributed by atoms with Crippen LogP contribution in [0.3, 0.4) is 0 Å². The number of nitrogens with zero attached hydrogens (tertiary/aromatic N) is 4. The molecule has 0 N–H and O–H groups in total. The van der Waals surface area contributed by atoms with Gasteiger partial charge in [0.2, 0.25) is 5.91 Å². The Morgan fingerprint density at radius 1 is 1.19 bits per heavy atom. The van der Waals surface area contributed by atoms with Crippen LogP contribution in [0.1, 0.15) is 68.3 Å². The van der Waals surface area contributed by atoms with Crippen molar-refractivity contribution in [3.05, 3.63) is 18.0 Å². The molecular weight excluding hydrogens is 340 g/mol. The smallest absolute Gasteiger partial charge is 0.272 e. The Morgan fingerprint density at radius 2 is 2.00 bits per heavy atom. The van der Waals surface area contributed by atoms with Crippen molar-refractivity contribution in [1.82, 2.24) is 19.6 Å². The first-order valence-electron chi connectivity index (χ1n) is 10.7. The molecule has 6 nitrogen and oxygen atoms in total. The van der Waals surface area contributed by atoms with E-state index in [1.807, 2.05) is 4.90 Å². The minimum Gasteiger partial charge on any atom is -0.342 e. The average molecular weight is 373 g/mol. The lowest BCUT2D eigenvalue weighted by Crippen LogP contribution is -2.50. The summed E-state index contributed by atoms with van der Waals surface area (Å²) in [5.41, 5.74) is 0.253. The monoisotopic (exact) mass is 372 g/mol. The van der Waals surface area contributed by atoms with E-state index in [0.29, 0.717) is 24.7 Å². The zero-order valence-electron chi connectivity index (χ0n) is 16.5. The normalized spacial score (nSPS) is 26.9. The number of rotatable bonds is 4. The van der Waals surface area contributed by atoms with Gasteiger partial charge in [-0.2, -0.15) is 5.10 Å². The number of aryl methyl sites for hydroxylation is 1. The number of piperidine rings is 1. The second kappa shape index (κ2) is 7.64. The van der Waals surface area contributed by atoms with Crippen molar-refractivity contribution in [2.75, 3.05) is 26.2 Å². The molecular formula is C21H32N4O2. The third-order valence-electron chi connectivity index (χ3n) is 7.04. The second-order valence-corrected chi connectivity index (χ2v) is 8.79. The molecule has 2 amide bonds. The van der Waals surface area contributed by atoms with Gasteiger partial charge in [0.1, 0.15) is 5.69 Å². The number of carbonyl (C=O) groups is 2. The van der Waals surface area contributed by atoms with Crippen LogP contribution in [0.4, 0.5) is 0 Å². The molecule has 3 heterocycles. The van der Waals surface area contributed by atoms with Gasteiger partial charge in [0.25, 0.3) is 5.91 Å². The highest BCUT2D eigenvalue weighted by Gasteiger charge is 2.49. The highest BCUT2D eigenvalue weighted by molar-refractivity contribution is 5.94. The molecule has 1 aliphatic carbocycles. The molecule has 27 heavy (non-hydrogen) atoms. The quantitative estimate of drug-likeness (QED) is 0.817. The molecule has 2 aliphatic heterocycles. The fraction of sp³-hybridized carbons (Fsp3) is 0.762. The summed E-state index contributed by atoms with van der Waals surface area (Å²) < 4.78 is 1.62. The minimum absolute atomic E-state index is 0.000922. The Morgan fingerprint density at radius 3 is 2.74 bits per heavy atom. The molecule has 1 saturated carbocycles. The maximum absolute atomic E-state index is 13.3.